The maximum absolute atomic E-state index is 10.3. The van der Waals surface area contributed by atoms with E-state index in [0.29, 0.717) is 24.3 Å². The lowest BCUT2D eigenvalue weighted by Crippen LogP contribution is -2.58. The average Bonchev–Trinajstić information content (AvgIpc) is 3.06. The third-order valence-electron chi connectivity index (χ3n) is 8.69. The van der Waals surface area contributed by atoms with E-state index in [-0.39, 0.29) is 36.5 Å². The molecule has 4 rings (SSSR count). The van der Waals surface area contributed by atoms with Crippen LogP contribution in [-0.2, 0) is 22.3 Å². The van der Waals surface area contributed by atoms with E-state index in [1.165, 1.54) is 14.2 Å². The molecule has 14 heteroatoms. The SMILES string of the molecule is COc1cc(CC(CO)C(CO)Cc2ccc(OC3OC(C)C(O)C(O)C3O)c(OC)c2)ccc1OC1OC(C)C(O)C(O)C1O. The Morgan fingerprint density at radius 1 is 0.565 bits per heavy atom. The summed E-state index contributed by atoms with van der Waals surface area (Å²) >= 11 is 0. The lowest BCUT2D eigenvalue weighted by molar-refractivity contribution is -0.268. The summed E-state index contributed by atoms with van der Waals surface area (Å²) < 4.78 is 33.6. The number of methoxy groups -OCH3 is 2. The van der Waals surface area contributed by atoms with Crippen LogP contribution < -0.4 is 18.9 Å². The fraction of sp³-hybridized carbons (Fsp3) is 0.625. The molecule has 12 unspecified atom stereocenters. The van der Waals surface area contributed by atoms with E-state index in [9.17, 15) is 40.9 Å². The molecule has 12 atom stereocenters. The molecule has 2 aliphatic rings. The van der Waals surface area contributed by atoms with Gasteiger partial charge in [-0.3, -0.25) is 0 Å². The maximum atomic E-state index is 10.3. The summed E-state index contributed by atoms with van der Waals surface area (Å²) in [5.74, 6) is 0.413. The Balaban J connectivity index is 1.43. The van der Waals surface area contributed by atoms with E-state index in [1.807, 2.05) is 0 Å². The van der Waals surface area contributed by atoms with Crippen LogP contribution in [0.1, 0.15) is 25.0 Å². The minimum Gasteiger partial charge on any atom is -0.493 e. The highest BCUT2D eigenvalue weighted by molar-refractivity contribution is 5.44. The molecule has 2 aromatic carbocycles. The highest BCUT2D eigenvalue weighted by atomic mass is 16.7. The molecular weight excluding hydrogens is 608 g/mol. The van der Waals surface area contributed by atoms with Crippen LogP contribution in [0.3, 0.4) is 0 Å². The minimum atomic E-state index is -1.49. The predicted octanol–water partition coefficient (Wildman–Crippen LogP) is -0.881. The van der Waals surface area contributed by atoms with Crippen LogP contribution in [-0.4, -0.2) is 130 Å². The normalized spacial score (nSPS) is 32.8. The van der Waals surface area contributed by atoms with Crippen molar-refractivity contribution >= 4 is 0 Å². The van der Waals surface area contributed by atoms with Crippen LogP contribution in [0.15, 0.2) is 36.4 Å². The molecule has 46 heavy (non-hydrogen) atoms. The van der Waals surface area contributed by atoms with Crippen LogP contribution in [0.25, 0.3) is 0 Å². The molecule has 2 heterocycles. The van der Waals surface area contributed by atoms with Gasteiger partial charge in [0.25, 0.3) is 0 Å². The molecule has 0 aromatic heterocycles. The first-order valence-corrected chi connectivity index (χ1v) is 15.2. The van der Waals surface area contributed by atoms with Crippen molar-refractivity contribution < 1.29 is 69.3 Å². The number of ether oxygens (including phenoxy) is 6. The Kier molecular flexibility index (Phi) is 12.5. The quantitative estimate of drug-likeness (QED) is 0.132. The van der Waals surface area contributed by atoms with Crippen molar-refractivity contribution in [2.24, 2.45) is 11.8 Å². The number of hydrogen-bond acceptors (Lipinski definition) is 14. The van der Waals surface area contributed by atoms with Crippen molar-refractivity contribution in [3.05, 3.63) is 47.5 Å². The fourth-order valence-electron chi connectivity index (χ4n) is 5.71. The Morgan fingerprint density at radius 2 is 0.935 bits per heavy atom. The van der Waals surface area contributed by atoms with E-state index in [1.54, 1.807) is 50.2 Å². The van der Waals surface area contributed by atoms with E-state index >= 15 is 0 Å². The fourth-order valence-corrected chi connectivity index (χ4v) is 5.71. The van der Waals surface area contributed by atoms with Crippen molar-refractivity contribution in [2.75, 3.05) is 27.4 Å². The monoisotopic (exact) mass is 654 g/mol. The predicted molar refractivity (Wildman–Crippen MR) is 161 cm³/mol. The molecule has 2 aliphatic heterocycles. The van der Waals surface area contributed by atoms with Gasteiger partial charge in [-0.15, -0.1) is 0 Å². The zero-order valence-electron chi connectivity index (χ0n) is 26.2. The zero-order valence-corrected chi connectivity index (χ0v) is 26.2. The lowest BCUT2D eigenvalue weighted by Gasteiger charge is -2.39. The summed E-state index contributed by atoms with van der Waals surface area (Å²) in [6, 6.07) is 10.2. The van der Waals surface area contributed by atoms with Crippen molar-refractivity contribution in [3.63, 3.8) is 0 Å². The van der Waals surface area contributed by atoms with Crippen molar-refractivity contribution in [2.45, 2.75) is 88.1 Å². The van der Waals surface area contributed by atoms with Gasteiger partial charge < -0.3 is 69.3 Å². The van der Waals surface area contributed by atoms with Gasteiger partial charge in [-0.25, -0.2) is 0 Å². The van der Waals surface area contributed by atoms with Crippen LogP contribution in [0.5, 0.6) is 23.0 Å². The van der Waals surface area contributed by atoms with Crippen LogP contribution in [0, 0.1) is 11.8 Å². The first kappa shape index (κ1) is 36.1. The number of aliphatic hydroxyl groups excluding tert-OH is 8. The number of aliphatic hydroxyl groups is 8. The van der Waals surface area contributed by atoms with Crippen LogP contribution in [0.2, 0.25) is 0 Å². The van der Waals surface area contributed by atoms with E-state index in [4.69, 9.17) is 28.4 Å². The molecule has 14 nitrogen and oxygen atoms in total. The number of hydrogen-bond donors (Lipinski definition) is 8. The molecule has 0 radical (unpaired) electrons. The Morgan fingerprint density at radius 3 is 1.26 bits per heavy atom. The molecule has 0 aliphatic carbocycles. The average molecular weight is 655 g/mol. The van der Waals surface area contributed by atoms with Gasteiger partial charge in [-0.1, -0.05) is 12.1 Å². The van der Waals surface area contributed by atoms with Gasteiger partial charge in [0.1, 0.15) is 36.6 Å². The molecule has 2 aromatic rings. The van der Waals surface area contributed by atoms with Crippen LogP contribution >= 0.6 is 0 Å². The second-order valence-electron chi connectivity index (χ2n) is 11.9. The van der Waals surface area contributed by atoms with Crippen LogP contribution in [0.4, 0.5) is 0 Å². The second-order valence-corrected chi connectivity index (χ2v) is 11.9. The van der Waals surface area contributed by atoms with Gasteiger partial charge in [-0.05, 0) is 73.9 Å². The largest absolute Gasteiger partial charge is 0.493 e. The lowest BCUT2D eigenvalue weighted by atomic mass is 9.83. The van der Waals surface area contributed by atoms with Gasteiger partial charge >= 0.3 is 0 Å². The third kappa shape index (κ3) is 8.02. The Bertz CT molecular complexity index is 1170. The first-order valence-electron chi connectivity index (χ1n) is 15.2. The molecule has 0 amide bonds. The van der Waals surface area contributed by atoms with E-state index in [0.717, 1.165) is 11.1 Å². The summed E-state index contributed by atoms with van der Waals surface area (Å²) in [5, 5.41) is 81.4. The highest BCUT2D eigenvalue weighted by Gasteiger charge is 2.44. The molecule has 0 saturated carbocycles. The Labute approximate surface area is 267 Å². The van der Waals surface area contributed by atoms with Gasteiger partial charge in [0.2, 0.25) is 12.6 Å². The summed E-state index contributed by atoms with van der Waals surface area (Å²) in [6.45, 7) is 2.68. The third-order valence-corrected chi connectivity index (χ3v) is 8.69. The standard InChI is InChI=1S/C32H46O14/c1-15-25(35)27(37)29(39)31(43-15)45-21-7-5-17(11-23(21)41-3)9-19(13-33)20(14-34)10-18-6-8-22(24(12-18)42-4)46-32-30(40)28(38)26(36)16(2)44-32/h5-8,11-12,15-16,19-20,25-40H,9-10,13-14H2,1-4H3. The smallest absolute Gasteiger partial charge is 0.229 e. The summed E-state index contributed by atoms with van der Waals surface area (Å²) in [6.07, 6.45) is -11.7. The van der Waals surface area contributed by atoms with Crippen molar-refractivity contribution in [1.29, 1.82) is 0 Å². The Hall–Kier alpha value is -2.76. The van der Waals surface area contributed by atoms with Crippen molar-refractivity contribution in [3.8, 4) is 23.0 Å². The molecule has 2 fully saturated rings. The maximum Gasteiger partial charge on any atom is 0.229 e. The molecule has 0 bridgehead atoms. The van der Waals surface area contributed by atoms with Gasteiger partial charge in [0, 0.05) is 13.2 Å². The number of benzene rings is 2. The summed E-state index contributed by atoms with van der Waals surface area (Å²) in [4.78, 5) is 0. The van der Waals surface area contributed by atoms with Gasteiger partial charge in [0.05, 0.1) is 26.4 Å². The second kappa shape index (κ2) is 15.9. The number of rotatable bonds is 13. The van der Waals surface area contributed by atoms with E-state index < -0.39 is 61.4 Å². The van der Waals surface area contributed by atoms with Gasteiger partial charge in [0.15, 0.2) is 23.0 Å². The van der Waals surface area contributed by atoms with E-state index in [2.05, 4.69) is 0 Å². The highest BCUT2D eigenvalue weighted by Crippen LogP contribution is 2.35. The molecule has 0 spiro atoms. The zero-order chi connectivity index (χ0) is 33.7. The minimum absolute atomic E-state index is 0.215. The summed E-state index contributed by atoms with van der Waals surface area (Å²) in [7, 11) is 2.89. The first-order chi connectivity index (χ1) is 21.9. The molecule has 258 valence electrons. The van der Waals surface area contributed by atoms with Gasteiger partial charge in [-0.2, -0.15) is 0 Å². The topological polar surface area (TPSA) is 217 Å². The molecule has 8 N–H and O–H groups in total. The van der Waals surface area contributed by atoms with Crippen molar-refractivity contribution in [1.82, 2.24) is 0 Å². The molecule has 2 saturated heterocycles. The summed E-state index contributed by atoms with van der Waals surface area (Å²) in [5.41, 5.74) is 1.56. The molecular formula is C32H46O14.